The van der Waals surface area contributed by atoms with Crippen molar-refractivity contribution in [1.82, 2.24) is 9.36 Å². The molecule has 0 bridgehead atoms. The van der Waals surface area contributed by atoms with E-state index in [-0.39, 0.29) is 0 Å². The molecule has 0 aliphatic carbocycles. The first-order valence-electron chi connectivity index (χ1n) is 5.72. The second-order valence-corrected chi connectivity index (χ2v) is 4.70. The van der Waals surface area contributed by atoms with Crippen LogP contribution in [0.3, 0.4) is 0 Å². The Balaban J connectivity index is 1.95. The number of nitrogens with one attached hydrogen (secondary N) is 1. The van der Waals surface area contributed by atoms with Crippen molar-refractivity contribution >= 4 is 22.6 Å². The van der Waals surface area contributed by atoms with Gasteiger partial charge in [-0.25, -0.2) is 0 Å². The highest BCUT2D eigenvalue weighted by atomic mass is 32.1. The van der Waals surface area contributed by atoms with Gasteiger partial charge in [0.05, 0.1) is 13.2 Å². The molecule has 2 rings (SSSR count). The molecule has 0 saturated carbocycles. The van der Waals surface area contributed by atoms with E-state index >= 15 is 0 Å². The highest BCUT2D eigenvalue weighted by molar-refractivity contribution is 7.09. The molecule has 2 heterocycles. The van der Waals surface area contributed by atoms with Crippen LogP contribution < -0.4 is 10.2 Å². The van der Waals surface area contributed by atoms with Crippen molar-refractivity contribution in [2.45, 2.75) is 26.3 Å². The molecule has 1 saturated heterocycles. The first-order valence-corrected chi connectivity index (χ1v) is 6.50. The number of rotatable bonds is 4. The SMILES string of the molecule is CCC(C)Nc1nc(N2CCOCC2)ns1. The normalized spacial score (nSPS) is 18.5. The van der Waals surface area contributed by atoms with E-state index in [9.17, 15) is 0 Å². The van der Waals surface area contributed by atoms with E-state index in [1.54, 1.807) is 0 Å². The lowest BCUT2D eigenvalue weighted by molar-refractivity contribution is 0.122. The number of morpholine rings is 1. The minimum atomic E-state index is 0.450. The Hall–Kier alpha value is -0.880. The van der Waals surface area contributed by atoms with Crippen LogP contribution in [0.15, 0.2) is 0 Å². The molecule has 16 heavy (non-hydrogen) atoms. The Morgan fingerprint density at radius 2 is 2.25 bits per heavy atom. The second-order valence-electron chi connectivity index (χ2n) is 3.95. The standard InChI is InChI=1S/C10H18N4OS/c1-3-8(2)11-10-12-9(13-16-10)14-4-6-15-7-5-14/h8H,3-7H2,1-2H3,(H,11,12,13). The summed E-state index contributed by atoms with van der Waals surface area (Å²) in [6, 6.07) is 0.450. The zero-order valence-corrected chi connectivity index (χ0v) is 10.6. The first-order chi connectivity index (χ1) is 7.79. The highest BCUT2D eigenvalue weighted by Gasteiger charge is 2.16. The van der Waals surface area contributed by atoms with Crippen LogP contribution in [-0.2, 0) is 4.74 Å². The molecule has 1 unspecified atom stereocenters. The maximum Gasteiger partial charge on any atom is 0.239 e. The van der Waals surface area contributed by atoms with Crippen LogP contribution in [-0.4, -0.2) is 41.7 Å². The zero-order chi connectivity index (χ0) is 11.4. The van der Waals surface area contributed by atoms with Crippen LogP contribution in [0.5, 0.6) is 0 Å². The predicted molar refractivity (Wildman–Crippen MR) is 66.3 cm³/mol. The van der Waals surface area contributed by atoms with E-state index in [0.29, 0.717) is 6.04 Å². The maximum atomic E-state index is 5.30. The van der Waals surface area contributed by atoms with Gasteiger partial charge in [-0.1, -0.05) is 6.92 Å². The van der Waals surface area contributed by atoms with E-state index in [1.807, 2.05) is 0 Å². The third-order valence-electron chi connectivity index (χ3n) is 2.69. The fourth-order valence-corrected chi connectivity index (χ4v) is 2.18. The van der Waals surface area contributed by atoms with Gasteiger partial charge in [-0.05, 0) is 13.3 Å². The van der Waals surface area contributed by atoms with Crippen LogP contribution in [0.4, 0.5) is 11.1 Å². The summed E-state index contributed by atoms with van der Waals surface area (Å²) >= 11 is 1.43. The Bertz CT molecular complexity index is 324. The Labute approximate surface area is 100.0 Å². The molecule has 1 fully saturated rings. The molecule has 0 spiro atoms. The van der Waals surface area contributed by atoms with Gasteiger partial charge in [-0.15, -0.1) is 0 Å². The fraction of sp³-hybridized carbons (Fsp3) is 0.800. The molecule has 0 aromatic carbocycles. The number of nitrogens with zero attached hydrogens (tertiary/aromatic N) is 3. The maximum absolute atomic E-state index is 5.30. The largest absolute Gasteiger partial charge is 0.378 e. The van der Waals surface area contributed by atoms with Gasteiger partial charge in [-0.2, -0.15) is 9.36 Å². The minimum absolute atomic E-state index is 0.450. The van der Waals surface area contributed by atoms with Gasteiger partial charge in [0.1, 0.15) is 0 Å². The summed E-state index contributed by atoms with van der Waals surface area (Å²) in [7, 11) is 0. The Morgan fingerprint density at radius 1 is 1.50 bits per heavy atom. The topological polar surface area (TPSA) is 50.3 Å². The van der Waals surface area contributed by atoms with Crippen molar-refractivity contribution in [3.63, 3.8) is 0 Å². The molecule has 6 heteroatoms. The van der Waals surface area contributed by atoms with Crippen molar-refractivity contribution in [3.8, 4) is 0 Å². The molecule has 1 aliphatic heterocycles. The smallest absolute Gasteiger partial charge is 0.239 e. The molecule has 1 N–H and O–H groups in total. The lowest BCUT2D eigenvalue weighted by Gasteiger charge is -2.25. The zero-order valence-electron chi connectivity index (χ0n) is 9.77. The summed E-state index contributed by atoms with van der Waals surface area (Å²) in [6.07, 6.45) is 1.09. The average molecular weight is 242 g/mol. The van der Waals surface area contributed by atoms with Crippen LogP contribution in [0.2, 0.25) is 0 Å². The summed E-state index contributed by atoms with van der Waals surface area (Å²) in [6.45, 7) is 7.62. The summed E-state index contributed by atoms with van der Waals surface area (Å²) in [5, 5.41) is 4.25. The van der Waals surface area contributed by atoms with E-state index < -0.39 is 0 Å². The highest BCUT2D eigenvalue weighted by Crippen LogP contribution is 2.19. The number of anilines is 2. The van der Waals surface area contributed by atoms with Gasteiger partial charge in [0.2, 0.25) is 11.1 Å². The lowest BCUT2D eigenvalue weighted by atomic mass is 10.3. The van der Waals surface area contributed by atoms with Crippen molar-refractivity contribution in [3.05, 3.63) is 0 Å². The lowest BCUT2D eigenvalue weighted by Crippen LogP contribution is -2.36. The summed E-state index contributed by atoms with van der Waals surface area (Å²) in [4.78, 5) is 6.66. The average Bonchev–Trinajstić information content (AvgIpc) is 2.78. The Morgan fingerprint density at radius 3 is 2.94 bits per heavy atom. The van der Waals surface area contributed by atoms with Crippen molar-refractivity contribution in [2.75, 3.05) is 36.5 Å². The quantitative estimate of drug-likeness (QED) is 0.869. The number of hydrogen-bond acceptors (Lipinski definition) is 6. The van der Waals surface area contributed by atoms with E-state index in [0.717, 1.165) is 43.8 Å². The van der Waals surface area contributed by atoms with Gasteiger partial charge >= 0.3 is 0 Å². The third-order valence-corrected chi connectivity index (χ3v) is 3.33. The van der Waals surface area contributed by atoms with Crippen molar-refractivity contribution in [2.24, 2.45) is 0 Å². The monoisotopic (exact) mass is 242 g/mol. The number of hydrogen-bond donors (Lipinski definition) is 1. The second kappa shape index (κ2) is 5.45. The molecular weight excluding hydrogens is 224 g/mol. The van der Waals surface area contributed by atoms with Crippen molar-refractivity contribution < 1.29 is 4.74 Å². The summed E-state index contributed by atoms with van der Waals surface area (Å²) in [5.41, 5.74) is 0. The van der Waals surface area contributed by atoms with Crippen LogP contribution in [0.1, 0.15) is 20.3 Å². The predicted octanol–water partition coefficient (Wildman–Crippen LogP) is 1.59. The van der Waals surface area contributed by atoms with E-state index in [4.69, 9.17) is 4.74 Å². The van der Waals surface area contributed by atoms with Crippen LogP contribution in [0.25, 0.3) is 0 Å². The molecule has 1 atom stereocenters. The molecular formula is C10H18N4OS. The van der Waals surface area contributed by atoms with E-state index in [2.05, 4.69) is 33.4 Å². The minimum Gasteiger partial charge on any atom is -0.378 e. The molecule has 1 aromatic rings. The van der Waals surface area contributed by atoms with Crippen LogP contribution >= 0.6 is 11.5 Å². The van der Waals surface area contributed by atoms with Gasteiger partial charge in [0.25, 0.3) is 0 Å². The summed E-state index contributed by atoms with van der Waals surface area (Å²) < 4.78 is 9.67. The fourth-order valence-electron chi connectivity index (χ4n) is 1.48. The molecule has 1 aromatic heterocycles. The van der Waals surface area contributed by atoms with Crippen molar-refractivity contribution in [1.29, 1.82) is 0 Å². The van der Waals surface area contributed by atoms with Crippen LogP contribution in [0, 0.1) is 0 Å². The molecule has 0 amide bonds. The summed E-state index contributed by atoms with van der Waals surface area (Å²) in [5.74, 6) is 0.833. The van der Waals surface area contributed by atoms with Gasteiger partial charge < -0.3 is 15.0 Å². The molecule has 5 nitrogen and oxygen atoms in total. The molecule has 90 valence electrons. The number of aromatic nitrogens is 2. The third kappa shape index (κ3) is 2.82. The first kappa shape index (κ1) is 11.6. The van der Waals surface area contributed by atoms with Gasteiger partial charge in [-0.3, -0.25) is 0 Å². The molecule has 1 aliphatic rings. The number of ether oxygens (including phenoxy) is 1. The Kier molecular flexibility index (Phi) is 3.95. The van der Waals surface area contributed by atoms with E-state index in [1.165, 1.54) is 11.5 Å². The molecule has 0 radical (unpaired) electrons. The van der Waals surface area contributed by atoms with Gasteiger partial charge in [0.15, 0.2) is 0 Å². The van der Waals surface area contributed by atoms with Gasteiger partial charge in [0, 0.05) is 30.7 Å².